The monoisotopic (exact) mass is 229 g/mol. The summed E-state index contributed by atoms with van der Waals surface area (Å²) in [6, 6.07) is 10.3. The molecule has 1 saturated carbocycles. The summed E-state index contributed by atoms with van der Waals surface area (Å²) in [5, 5.41) is 3.89. The Kier molecular flexibility index (Phi) is 2.55. The van der Waals surface area contributed by atoms with Crippen molar-refractivity contribution < 1.29 is 0 Å². The third-order valence-electron chi connectivity index (χ3n) is 4.68. The third kappa shape index (κ3) is 2.01. The molecule has 0 aromatic heterocycles. The first-order chi connectivity index (χ1) is 8.08. The Balaban J connectivity index is 1.91. The second kappa shape index (κ2) is 3.84. The van der Waals surface area contributed by atoms with Gasteiger partial charge in [-0.1, -0.05) is 45.0 Å². The molecular formula is C16H23N. The zero-order valence-electron chi connectivity index (χ0n) is 11.2. The van der Waals surface area contributed by atoms with E-state index in [1.54, 1.807) is 11.1 Å². The van der Waals surface area contributed by atoms with E-state index in [4.69, 9.17) is 0 Å². The Labute approximate surface area is 105 Å². The topological polar surface area (TPSA) is 12.0 Å². The van der Waals surface area contributed by atoms with E-state index in [-0.39, 0.29) is 0 Å². The summed E-state index contributed by atoms with van der Waals surface area (Å²) in [6.45, 7) is 7.17. The van der Waals surface area contributed by atoms with Gasteiger partial charge in [-0.25, -0.2) is 0 Å². The van der Waals surface area contributed by atoms with Gasteiger partial charge in [-0.15, -0.1) is 0 Å². The lowest BCUT2D eigenvalue weighted by atomic mass is 9.70. The van der Waals surface area contributed by atoms with Gasteiger partial charge < -0.3 is 5.32 Å². The van der Waals surface area contributed by atoms with Crippen LogP contribution in [-0.2, 0) is 6.42 Å². The van der Waals surface area contributed by atoms with Gasteiger partial charge in [-0.3, -0.25) is 0 Å². The van der Waals surface area contributed by atoms with E-state index < -0.39 is 0 Å². The first-order valence-corrected chi connectivity index (χ1v) is 6.92. The molecule has 17 heavy (non-hydrogen) atoms. The van der Waals surface area contributed by atoms with Gasteiger partial charge in [0.2, 0.25) is 0 Å². The number of hydrogen-bond donors (Lipinski definition) is 1. The highest BCUT2D eigenvalue weighted by molar-refractivity contribution is 5.34. The average Bonchev–Trinajstić information content (AvgIpc) is 2.99. The van der Waals surface area contributed by atoms with Gasteiger partial charge in [-0.2, -0.15) is 0 Å². The number of rotatable bonds is 2. The van der Waals surface area contributed by atoms with Crippen molar-refractivity contribution >= 4 is 0 Å². The summed E-state index contributed by atoms with van der Waals surface area (Å²) in [5.41, 5.74) is 3.48. The van der Waals surface area contributed by atoms with Crippen molar-refractivity contribution in [1.82, 2.24) is 5.32 Å². The summed E-state index contributed by atoms with van der Waals surface area (Å²) in [6.07, 6.45) is 3.89. The van der Waals surface area contributed by atoms with Crippen molar-refractivity contribution in [3.05, 3.63) is 35.4 Å². The van der Waals surface area contributed by atoms with E-state index >= 15 is 0 Å². The lowest BCUT2D eigenvalue weighted by Crippen LogP contribution is -2.39. The van der Waals surface area contributed by atoms with Crippen LogP contribution in [0, 0.1) is 11.3 Å². The highest BCUT2D eigenvalue weighted by Gasteiger charge is 2.41. The second-order valence-electron chi connectivity index (χ2n) is 6.61. The maximum Gasteiger partial charge on any atom is 0.0377 e. The maximum absolute atomic E-state index is 3.89. The molecule has 1 heteroatoms. The van der Waals surface area contributed by atoms with Crippen molar-refractivity contribution in [3.8, 4) is 0 Å². The molecule has 3 atom stereocenters. The van der Waals surface area contributed by atoms with Crippen LogP contribution in [0.2, 0.25) is 0 Å². The van der Waals surface area contributed by atoms with Crippen molar-refractivity contribution in [2.45, 2.75) is 52.1 Å². The van der Waals surface area contributed by atoms with Crippen LogP contribution >= 0.6 is 0 Å². The van der Waals surface area contributed by atoms with E-state index in [9.17, 15) is 0 Å². The largest absolute Gasteiger partial charge is 0.306 e. The molecule has 3 rings (SSSR count). The highest BCUT2D eigenvalue weighted by Crippen LogP contribution is 2.45. The average molecular weight is 229 g/mol. The molecule has 3 unspecified atom stereocenters. The Morgan fingerprint density at radius 2 is 1.94 bits per heavy atom. The molecule has 0 saturated heterocycles. The molecule has 0 spiro atoms. The normalized spacial score (nSPS) is 34.2. The van der Waals surface area contributed by atoms with Crippen LogP contribution < -0.4 is 5.32 Å². The molecule has 0 bridgehead atoms. The molecule has 1 aromatic carbocycles. The van der Waals surface area contributed by atoms with Gasteiger partial charge in [0.1, 0.15) is 0 Å². The summed E-state index contributed by atoms with van der Waals surface area (Å²) in [4.78, 5) is 0. The summed E-state index contributed by atoms with van der Waals surface area (Å²) < 4.78 is 0. The first-order valence-electron chi connectivity index (χ1n) is 6.92. The second-order valence-corrected chi connectivity index (χ2v) is 6.61. The van der Waals surface area contributed by atoms with Crippen molar-refractivity contribution in [1.29, 1.82) is 0 Å². The molecule has 1 fully saturated rings. The van der Waals surface area contributed by atoms with E-state index in [1.165, 1.54) is 19.3 Å². The minimum absolute atomic E-state index is 0.386. The number of hydrogen-bond acceptors (Lipinski definition) is 1. The lowest BCUT2D eigenvalue weighted by molar-refractivity contribution is 0.206. The minimum Gasteiger partial charge on any atom is -0.306 e. The maximum atomic E-state index is 3.89. The molecule has 92 valence electrons. The van der Waals surface area contributed by atoms with Gasteiger partial charge >= 0.3 is 0 Å². The number of benzene rings is 1. The van der Waals surface area contributed by atoms with Crippen molar-refractivity contribution in [3.63, 3.8) is 0 Å². The van der Waals surface area contributed by atoms with Crippen LogP contribution in [0.4, 0.5) is 0 Å². The van der Waals surface area contributed by atoms with Crippen LogP contribution in [0.5, 0.6) is 0 Å². The van der Waals surface area contributed by atoms with Crippen molar-refractivity contribution in [2.75, 3.05) is 0 Å². The fraction of sp³-hybridized carbons (Fsp3) is 0.625. The zero-order chi connectivity index (χ0) is 12.0. The van der Waals surface area contributed by atoms with Crippen molar-refractivity contribution in [2.24, 2.45) is 11.3 Å². The number of aryl methyl sites for hydroxylation is 1. The third-order valence-corrected chi connectivity index (χ3v) is 4.68. The Morgan fingerprint density at radius 3 is 2.65 bits per heavy atom. The van der Waals surface area contributed by atoms with Gasteiger partial charge in [-0.05, 0) is 41.7 Å². The van der Waals surface area contributed by atoms with Crippen LogP contribution in [0.25, 0.3) is 0 Å². The molecule has 0 amide bonds. The standard InChI is InChI=1S/C16H23N/c1-11-10-14(11)17-15-13-7-5-4-6-12(13)8-9-16(15,2)3/h4-7,11,14-15,17H,8-10H2,1-3H3. The smallest absolute Gasteiger partial charge is 0.0377 e. The lowest BCUT2D eigenvalue weighted by Gasteiger charge is -2.41. The van der Waals surface area contributed by atoms with Crippen LogP contribution in [0.1, 0.15) is 50.8 Å². The number of fused-ring (bicyclic) bond motifs is 1. The summed E-state index contributed by atoms with van der Waals surface area (Å²) >= 11 is 0. The molecule has 0 aliphatic heterocycles. The molecule has 2 aliphatic rings. The number of nitrogens with one attached hydrogen (secondary N) is 1. The highest BCUT2D eigenvalue weighted by atomic mass is 15.0. The fourth-order valence-electron chi connectivity index (χ4n) is 3.15. The Bertz CT molecular complexity index is 421. The van der Waals surface area contributed by atoms with Crippen LogP contribution in [0.3, 0.4) is 0 Å². The molecular weight excluding hydrogens is 206 g/mol. The molecule has 1 aromatic rings. The minimum atomic E-state index is 0.386. The first kappa shape index (κ1) is 11.3. The van der Waals surface area contributed by atoms with E-state index in [1.807, 2.05) is 0 Å². The van der Waals surface area contributed by atoms with Crippen LogP contribution in [-0.4, -0.2) is 6.04 Å². The van der Waals surface area contributed by atoms with Crippen LogP contribution in [0.15, 0.2) is 24.3 Å². The summed E-state index contributed by atoms with van der Waals surface area (Å²) in [7, 11) is 0. The van der Waals surface area contributed by atoms with Gasteiger partial charge in [0.25, 0.3) is 0 Å². The SMILES string of the molecule is CC1CC1NC1c2ccccc2CCC1(C)C. The Hall–Kier alpha value is -0.820. The van der Waals surface area contributed by atoms with E-state index in [2.05, 4.69) is 50.4 Å². The molecule has 2 aliphatic carbocycles. The van der Waals surface area contributed by atoms with E-state index in [0.29, 0.717) is 11.5 Å². The van der Waals surface area contributed by atoms with Gasteiger partial charge in [0, 0.05) is 12.1 Å². The van der Waals surface area contributed by atoms with E-state index in [0.717, 1.165) is 12.0 Å². The predicted octanol–water partition coefficient (Wildman–Crippen LogP) is 3.70. The Morgan fingerprint density at radius 1 is 1.24 bits per heavy atom. The molecule has 1 N–H and O–H groups in total. The summed E-state index contributed by atoms with van der Waals surface area (Å²) in [5.74, 6) is 0.875. The molecule has 0 heterocycles. The quantitative estimate of drug-likeness (QED) is 0.815. The molecule has 1 nitrogen and oxygen atoms in total. The molecule has 0 radical (unpaired) electrons. The predicted molar refractivity (Wildman–Crippen MR) is 72.0 cm³/mol. The fourth-order valence-corrected chi connectivity index (χ4v) is 3.15. The van der Waals surface area contributed by atoms with Gasteiger partial charge in [0.05, 0.1) is 0 Å². The zero-order valence-corrected chi connectivity index (χ0v) is 11.2. The van der Waals surface area contributed by atoms with Gasteiger partial charge in [0.15, 0.2) is 0 Å².